The summed E-state index contributed by atoms with van der Waals surface area (Å²) in [5, 5.41) is 3.61. The van der Waals surface area contributed by atoms with E-state index >= 15 is 0 Å². The molecular weight excluding hydrogens is 186 g/mol. The van der Waals surface area contributed by atoms with Crippen LogP contribution in [0.5, 0.6) is 0 Å². The minimum absolute atomic E-state index is 0.666. The predicted molar refractivity (Wildman–Crippen MR) is 61.5 cm³/mol. The van der Waals surface area contributed by atoms with Crippen molar-refractivity contribution in [3.63, 3.8) is 0 Å². The van der Waals surface area contributed by atoms with Crippen molar-refractivity contribution >= 4 is 0 Å². The molecule has 1 aromatic rings. The summed E-state index contributed by atoms with van der Waals surface area (Å²) in [5.74, 6) is 2.68. The largest absolute Gasteiger partial charge is 0.468 e. The molecule has 1 aliphatic carbocycles. The molecule has 1 heterocycles. The van der Waals surface area contributed by atoms with Gasteiger partial charge in [0.1, 0.15) is 5.76 Å². The lowest BCUT2D eigenvalue weighted by molar-refractivity contribution is 0.203. The normalized spacial score (nSPS) is 31.7. The first-order valence-electron chi connectivity index (χ1n) is 6.03. The van der Waals surface area contributed by atoms with E-state index in [0.29, 0.717) is 6.04 Å². The zero-order chi connectivity index (χ0) is 10.7. The minimum atomic E-state index is 0.666. The highest BCUT2D eigenvalue weighted by Crippen LogP contribution is 2.29. The summed E-state index contributed by atoms with van der Waals surface area (Å²) in [4.78, 5) is 0. The van der Waals surface area contributed by atoms with Crippen LogP contribution in [0.25, 0.3) is 0 Å². The molecule has 0 radical (unpaired) electrons. The van der Waals surface area contributed by atoms with Crippen LogP contribution in [0.3, 0.4) is 0 Å². The van der Waals surface area contributed by atoms with Crippen LogP contribution < -0.4 is 5.32 Å². The highest BCUT2D eigenvalue weighted by Gasteiger charge is 2.26. The molecule has 3 atom stereocenters. The van der Waals surface area contributed by atoms with Gasteiger partial charge in [0.05, 0.1) is 12.8 Å². The fourth-order valence-corrected chi connectivity index (χ4v) is 2.51. The number of nitrogens with one attached hydrogen (secondary N) is 1. The van der Waals surface area contributed by atoms with Crippen LogP contribution in [-0.4, -0.2) is 6.04 Å². The van der Waals surface area contributed by atoms with E-state index in [1.165, 1.54) is 19.3 Å². The average molecular weight is 207 g/mol. The van der Waals surface area contributed by atoms with Crippen molar-refractivity contribution in [2.45, 2.75) is 45.7 Å². The van der Waals surface area contributed by atoms with Crippen molar-refractivity contribution in [2.75, 3.05) is 0 Å². The van der Waals surface area contributed by atoms with Crippen molar-refractivity contribution in [1.29, 1.82) is 0 Å². The van der Waals surface area contributed by atoms with Crippen LogP contribution >= 0.6 is 0 Å². The van der Waals surface area contributed by atoms with Gasteiger partial charge in [-0.2, -0.15) is 0 Å². The van der Waals surface area contributed by atoms with Gasteiger partial charge in [0.2, 0.25) is 0 Å². The van der Waals surface area contributed by atoms with Gasteiger partial charge in [0.15, 0.2) is 0 Å². The lowest BCUT2D eigenvalue weighted by Gasteiger charge is -2.34. The quantitative estimate of drug-likeness (QED) is 0.823. The summed E-state index contributed by atoms with van der Waals surface area (Å²) in [5.41, 5.74) is 0. The third kappa shape index (κ3) is 2.63. The van der Waals surface area contributed by atoms with Crippen LogP contribution in [0.15, 0.2) is 22.8 Å². The van der Waals surface area contributed by atoms with E-state index < -0.39 is 0 Å². The molecule has 0 aromatic carbocycles. The first-order valence-corrected chi connectivity index (χ1v) is 6.03. The monoisotopic (exact) mass is 207 g/mol. The first kappa shape index (κ1) is 10.7. The van der Waals surface area contributed by atoms with E-state index in [0.717, 1.165) is 24.1 Å². The van der Waals surface area contributed by atoms with Crippen molar-refractivity contribution in [1.82, 2.24) is 5.32 Å². The van der Waals surface area contributed by atoms with E-state index in [1.54, 1.807) is 6.26 Å². The predicted octanol–water partition coefficient (Wildman–Crippen LogP) is 3.19. The van der Waals surface area contributed by atoms with Gasteiger partial charge in [0.25, 0.3) is 0 Å². The Kier molecular flexibility index (Phi) is 3.47. The molecule has 84 valence electrons. The summed E-state index contributed by atoms with van der Waals surface area (Å²) in [7, 11) is 0. The fourth-order valence-electron chi connectivity index (χ4n) is 2.51. The average Bonchev–Trinajstić information content (AvgIpc) is 2.73. The van der Waals surface area contributed by atoms with Crippen LogP contribution in [0.2, 0.25) is 0 Å². The lowest BCUT2D eigenvalue weighted by atomic mass is 9.78. The van der Waals surface area contributed by atoms with E-state index in [-0.39, 0.29) is 0 Å². The van der Waals surface area contributed by atoms with Gasteiger partial charge in [-0.3, -0.25) is 0 Å². The molecule has 2 heteroatoms. The number of hydrogen-bond acceptors (Lipinski definition) is 2. The Morgan fingerprint density at radius 3 is 3.00 bits per heavy atom. The lowest BCUT2D eigenvalue weighted by Crippen LogP contribution is -2.40. The fraction of sp³-hybridized carbons (Fsp3) is 0.692. The molecule has 0 bridgehead atoms. The van der Waals surface area contributed by atoms with Gasteiger partial charge >= 0.3 is 0 Å². The summed E-state index contributed by atoms with van der Waals surface area (Å²) in [6.07, 6.45) is 5.80. The second-order valence-electron chi connectivity index (χ2n) is 4.83. The Balaban J connectivity index is 1.83. The molecule has 1 fully saturated rings. The van der Waals surface area contributed by atoms with Gasteiger partial charge < -0.3 is 9.73 Å². The zero-order valence-corrected chi connectivity index (χ0v) is 9.70. The Bertz CT molecular complexity index is 281. The van der Waals surface area contributed by atoms with Crippen molar-refractivity contribution in [2.24, 2.45) is 11.8 Å². The smallest absolute Gasteiger partial charge is 0.117 e. The highest BCUT2D eigenvalue weighted by molar-refractivity contribution is 4.98. The molecule has 0 saturated heterocycles. The molecular formula is C13H21NO. The maximum Gasteiger partial charge on any atom is 0.117 e. The SMILES string of the molecule is C[C@@H]1[C@@H](C)CCC[C@H]1NCc1ccco1. The van der Waals surface area contributed by atoms with Crippen molar-refractivity contribution < 1.29 is 4.42 Å². The van der Waals surface area contributed by atoms with E-state index in [4.69, 9.17) is 4.42 Å². The molecule has 1 aliphatic rings. The Morgan fingerprint density at radius 1 is 1.40 bits per heavy atom. The van der Waals surface area contributed by atoms with Crippen molar-refractivity contribution in [3.8, 4) is 0 Å². The Hall–Kier alpha value is -0.760. The van der Waals surface area contributed by atoms with E-state index in [9.17, 15) is 0 Å². The second-order valence-corrected chi connectivity index (χ2v) is 4.83. The third-order valence-corrected chi connectivity index (χ3v) is 3.83. The van der Waals surface area contributed by atoms with Gasteiger partial charge in [-0.05, 0) is 30.4 Å². The van der Waals surface area contributed by atoms with Gasteiger partial charge in [-0.1, -0.05) is 26.7 Å². The molecule has 0 unspecified atom stereocenters. The van der Waals surface area contributed by atoms with Crippen molar-refractivity contribution in [3.05, 3.63) is 24.2 Å². The number of furan rings is 1. The highest BCUT2D eigenvalue weighted by atomic mass is 16.3. The summed E-state index contributed by atoms with van der Waals surface area (Å²) < 4.78 is 5.32. The van der Waals surface area contributed by atoms with Crippen LogP contribution in [0.4, 0.5) is 0 Å². The molecule has 1 N–H and O–H groups in total. The van der Waals surface area contributed by atoms with Gasteiger partial charge in [-0.25, -0.2) is 0 Å². The number of rotatable bonds is 3. The second kappa shape index (κ2) is 4.84. The summed E-state index contributed by atoms with van der Waals surface area (Å²) >= 11 is 0. The van der Waals surface area contributed by atoms with Crippen LogP contribution in [-0.2, 0) is 6.54 Å². The third-order valence-electron chi connectivity index (χ3n) is 3.83. The van der Waals surface area contributed by atoms with Gasteiger partial charge in [0, 0.05) is 6.04 Å². The number of hydrogen-bond donors (Lipinski definition) is 1. The maximum atomic E-state index is 5.32. The molecule has 0 spiro atoms. The Morgan fingerprint density at radius 2 is 2.27 bits per heavy atom. The molecule has 1 saturated carbocycles. The van der Waals surface area contributed by atoms with Crippen LogP contribution in [0.1, 0.15) is 38.9 Å². The molecule has 2 rings (SSSR count). The molecule has 15 heavy (non-hydrogen) atoms. The maximum absolute atomic E-state index is 5.32. The molecule has 2 nitrogen and oxygen atoms in total. The minimum Gasteiger partial charge on any atom is -0.468 e. The van der Waals surface area contributed by atoms with E-state index in [2.05, 4.69) is 19.2 Å². The summed E-state index contributed by atoms with van der Waals surface area (Å²) in [6, 6.07) is 4.65. The van der Waals surface area contributed by atoms with E-state index in [1.807, 2.05) is 12.1 Å². The molecule has 1 aromatic heterocycles. The Labute approximate surface area is 92.1 Å². The van der Waals surface area contributed by atoms with Crippen LogP contribution in [0, 0.1) is 11.8 Å². The van der Waals surface area contributed by atoms with Gasteiger partial charge in [-0.15, -0.1) is 0 Å². The molecule has 0 amide bonds. The zero-order valence-electron chi connectivity index (χ0n) is 9.70. The topological polar surface area (TPSA) is 25.2 Å². The summed E-state index contributed by atoms with van der Waals surface area (Å²) in [6.45, 7) is 5.60. The first-order chi connectivity index (χ1) is 7.27. The molecule has 0 aliphatic heterocycles. The standard InChI is InChI=1S/C13H21NO/c1-10-5-3-7-13(11(10)2)14-9-12-6-4-8-15-12/h4,6,8,10-11,13-14H,3,5,7,9H2,1-2H3/t10-,11+,13+/m0/s1.